The summed E-state index contributed by atoms with van der Waals surface area (Å²) in [4.78, 5) is 12.9. The van der Waals surface area contributed by atoms with Crippen molar-refractivity contribution < 1.29 is 9.90 Å². The van der Waals surface area contributed by atoms with Crippen molar-refractivity contribution in [2.45, 2.75) is 39.5 Å². The molecule has 0 radical (unpaired) electrons. The monoisotopic (exact) mass is 323 g/mol. The largest absolute Gasteiger partial charge is 0.481 e. The molecule has 0 bridgehead atoms. The quantitative estimate of drug-likeness (QED) is 0.616. The van der Waals surface area contributed by atoms with Crippen LogP contribution in [-0.2, 0) is 4.79 Å². The van der Waals surface area contributed by atoms with Gasteiger partial charge in [-0.3, -0.25) is 9.69 Å². The van der Waals surface area contributed by atoms with Crippen LogP contribution >= 0.6 is 0 Å². The lowest BCUT2D eigenvalue weighted by molar-refractivity contribution is -0.137. The van der Waals surface area contributed by atoms with Gasteiger partial charge in [-0.15, -0.1) is 0 Å². The minimum atomic E-state index is -0.710. The summed E-state index contributed by atoms with van der Waals surface area (Å²) in [5.41, 5.74) is 4.86. The Hall–Kier alpha value is -2.29. The van der Waals surface area contributed by atoms with Crippen molar-refractivity contribution in [3.8, 4) is 0 Å². The molecule has 0 saturated carbocycles. The minimum Gasteiger partial charge on any atom is -0.481 e. The first-order chi connectivity index (χ1) is 11.4. The van der Waals surface area contributed by atoms with Crippen LogP contribution in [0.4, 0.5) is 0 Å². The van der Waals surface area contributed by atoms with E-state index in [1.54, 1.807) is 0 Å². The smallest absolute Gasteiger partial charge is 0.303 e. The van der Waals surface area contributed by atoms with Gasteiger partial charge < -0.3 is 5.11 Å². The number of allylic oxidation sites excluding steroid dienone is 3. The highest BCUT2D eigenvalue weighted by Gasteiger charge is 2.58. The summed E-state index contributed by atoms with van der Waals surface area (Å²) in [6.45, 7) is 9.75. The standard InChI is InChI=1S/C21H24NO2/c1-15-21(2,3)20-17-10-7-6-9-16(17)12-13-18(20)22(15)14-8-4-5-11-19(23)24/h6-7,9-10,12-13H,1,4-5,8,11,14H2,2-3H3/q+1/p+1. The molecule has 0 spiro atoms. The Labute approximate surface area is 144 Å². The van der Waals surface area contributed by atoms with Gasteiger partial charge in [-0.05, 0) is 26.7 Å². The maximum Gasteiger partial charge on any atom is 0.303 e. The summed E-state index contributed by atoms with van der Waals surface area (Å²) < 4.78 is 0. The zero-order chi connectivity index (χ0) is 17.3. The van der Waals surface area contributed by atoms with Crippen LogP contribution in [0.5, 0.6) is 0 Å². The topological polar surface area (TPSA) is 40.5 Å². The van der Waals surface area contributed by atoms with E-state index in [0.29, 0.717) is 0 Å². The van der Waals surface area contributed by atoms with Crippen molar-refractivity contribution in [3.63, 3.8) is 0 Å². The van der Waals surface area contributed by atoms with E-state index in [1.165, 1.54) is 22.7 Å². The number of benzene rings is 1. The molecule has 1 N–H and O–H groups in total. The van der Waals surface area contributed by atoms with E-state index in [1.807, 2.05) is 0 Å². The van der Waals surface area contributed by atoms with Crippen LogP contribution in [0.2, 0.25) is 0 Å². The van der Waals surface area contributed by atoms with Crippen molar-refractivity contribution >= 4 is 5.97 Å². The summed E-state index contributed by atoms with van der Waals surface area (Å²) in [6.07, 6.45) is 7.29. The fourth-order valence-electron chi connectivity index (χ4n) is 3.75. The van der Waals surface area contributed by atoms with Crippen LogP contribution in [0.1, 0.15) is 50.7 Å². The van der Waals surface area contributed by atoms with E-state index in [4.69, 9.17) is 5.11 Å². The van der Waals surface area contributed by atoms with Crippen molar-refractivity contribution in [1.82, 2.24) is 4.90 Å². The average molecular weight is 323 g/mol. The van der Waals surface area contributed by atoms with Gasteiger partial charge in [-0.25, -0.2) is 0 Å². The lowest BCUT2D eigenvalue weighted by Crippen LogP contribution is -2.21. The third-order valence-electron chi connectivity index (χ3n) is 5.14. The number of nitrogens with zero attached hydrogens (tertiary/aromatic N) is 1. The molecule has 1 aromatic rings. The number of unbranched alkanes of at least 4 members (excludes halogenated alkanes) is 2. The van der Waals surface area contributed by atoms with Crippen LogP contribution in [-0.4, -0.2) is 22.5 Å². The minimum absolute atomic E-state index is 0.0861. The number of carboxylic acid groups (broad SMARTS) is 1. The molecule has 0 aromatic heterocycles. The maximum absolute atomic E-state index is 10.6. The maximum atomic E-state index is 10.6. The number of carbonyl (C=O) groups is 1. The fourth-order valence-corrected chi connectivity index (χ4v) is 3.75. The molecule has 2 aliphatic rings. The Kier molecular flexibility index (Phi) is 4.35. The summed E-state index contributed by atoms with van der Waals surface area (Å²) in [5, 5.41) is 8.74. The number of aliphatic carboxylic acids is 1. The van der Waals surface area contributed by atoms with Crippen LogP contribution in [0.3, 0.4) is 0 Å². The van der Waals surface area contributed by atoms with Gasteiger partial charge >= 0.3 is 5.97 Å². The number of hydrogen-bond acceptors (Lipinski definition) is 2. The van der Waals surface area contributed by atoms with Gasteiger partial charge in [0.15, 0.2) is 17.0 Å². The highest BCUT2D eigenvalue weighted by Crippen LogP contribution is 2.56. The van der Waals surface area contributed by atoms with Gasteiger partial charge in [-0.1, -0.05) is 13.0 Å². The van der Waals surface area contributed by atoms with Gasteiger partial charge in [-0.2, -0.15) is 0 Å². The van der Waals surface area contributed by atoms with Crippen LogP contribution in [0.25, 0.3) is 0 Å². The Balaban J connectivity index is 1.75. The van der Waals surface area contributed by atoms with Gasteiger partial charge in [0.2, 0.25) is 5.70 Å². The van der Waals surface area contributed by atoms with Gasteiger partial charge in [0, 0.05) is 30.8 Å². The number of carboxylic acids is 1. The highest BCUT2D eigenvalue weighted by atomic mass is 16.4. The fraction of sp³-hybridized carbons (Fsp3) is 0.381. The predicted molar refractivity (Wildman–Crippen MR) is 96.0 cm³/mol. The Morgan fingerprint density at radius 3 is 2.79 bits per heavy atom. The van der Waals surface area contributed by atoms with Crippen molar-refractivity contribution in [2.75, 3.05) is 6.54 Å². The normalized spacial score (nSPS) is 17.9. The molecule has 0 amide bonds. The van der Waals surface area contributed by atoms with E-state index in [9.17, 15) is 4.79 Å². The Morgan fingerprint density at radius 2 is 2.04 bits per heavy atom. The molecule has 3 heteroatoms. The zero-order valence-corrected chi connectivity index (χ0v) is 14.5. The van der Waals surface area contributed by atoms with Crippen molar-refractivity contribution in [2.24, 2.45) is 5.41 Å². The van der Waals surface area contributed by atoms with Crippen molar-refractivity contribution in [3.05, 3.63) is 71.8 Å². The molecule has 1 heterocycles. The zero-order valence-electron chi connectivity index (χ0n) is 14.5. The Bertz CT molecular complexity index is 687. The first-order valence-corrected chi connectivity index (χ1v) is 8.64. The van der Waals surface area contributed by atoms with E-state index >= 15 is 0 Å². The number of likely N-dealkylation sites (tertiary alicyclic amines) is 1. The lowest BCUT2D eigenvalue weighted by Gasteiger charge is -2.21. The second kappa shape index (κ2) is 6.31. The van der Waals surface area contributed by atoms with E-state index in [-0.39, 0.29) is 11.8 Å². The first kappa shape index (κ1) is 16.6. The molecule has 1 fully saturated rings. The molecule has 1 saturated heterocycles. The van der Waals surface area contributed by atoms with E-state index < -0.39 is 5.97 Å². The van der Waals surface area contributed by atoms with Gasteiger partial charge in [0.25, 0.3) is 0 Å². The third kappa shape index (κ3) is 2.79. The van der Waals surface area contributed by atoms with Gasteiger partial charge in [0.05, 0.1) is 17.5 Å². The summed E-state index contributed by atoms with van der Waals surface area (Å²) in [7, 11) is 0. The summed E-state index contributed by atoms with van der Waals surface area (Å²) in [5.74, 6) is 0.648. The third-order valence-corrected chi connectivity index (χ3v) is 5.14. The second-order valence-electron chi connectivity index (χ2n) is 7.11. The van der Waals surface area contributed by atoms with Crippen LogP contribution in [0, 0.1) is 17.8 Å². The molecule has 124 valence electrons. The van der Waals surface area contributed by atoms with E-state index in [2.05, 4.69) is 62.1 Å². The Morgan fingerprint density at radius 1 is 1.29 bits per heavy atom. The molecule has 3 nitrogen and oxygen atoms in total. The van der Waals surface area contributed by atoms with Crippen LogP contribution < -0.4 is 0 Å². The molecule has 1 aromatic carbocycles. The molecular formula is C21H25NO2+2. The second-order valence-corrected chi connectivity index (χ2v) is 7.11. The van der Waals surface area contributed by atoms with Crippen LogP contribution in [0.15, 0.2) is 48.3 Å². The average Bonchev–Trinajstić information content (AvgIpc) is 2.75. The van der Waals surface area contributed by atoms with E-state index in [0.717, 1.165) is 31.5 Å². The lowest BCUT2D eigenvalue weighted by atomic mass is 9.71. The molecule has 3 rings (SSSR count). The number of fused-ring (bicyclic) bond motifs is 3. The summed E-state index contributed by atoms with van der Waals surface area (Å²) in [6, 6.07) is 8.52. The molecule has 1 aliphatic heterocycles. The molecule has 1 aliphatic carbocycles. The van der Waals surface area contributed by atoms with Gasteiger partial charge in [0.1, 0.15) is 12.5 Å². The number of rotatable bonds is 6. The molecule has 24 heavy (non-hydrogen) atoms. The molecular weight excluding hydrogens is 298 g/mol. The number of hydrogen-bond donors (Lipinski definition) is 1. The SMILES string of the molecule is C=C1N(CCCCCC(=O)O)C2=C[CH+]c3ccccc3[C+]2C1(C)C. The molecule has 0 unspecified atom stereocenters. The predicted octanol–water partition coefficient (Wildman–Crippen LogP) is 4.56. The summed E-state index contributed by atoms with van der Waals surface area (Å²) >= 11 is 0. The van der Waals surface area contributed by atoms with Crippen molar-refractivity contribution in [1.29, 1.82) is 0 Å². The molecule has 0 atom stereocenters. The first-order valence-electron chi connectivity index (χ1n) is 8.64. The highest BCUT2D eigenvalue weighted by molar-refractivity contribution is 5.66.